The first-order chi connectivity index (χ1) is 14.3. The van der Waals surface area contributed by atoms with Gasteiger partial charge in [0.25, 0.3) is 0 Å². The zero-order chi connectivity index (χ0) is 19.9. The molecule has 1 heterocycles. The molecule has 0 fully saturated rings. The predicted molar refractivity (Wildman–Crippen MR) is 115 cm³/mol. The fourth-order valence-electron chi connectivity index (χ4n) is 2.96. The van der Waals surface area contributed by atoms with Crippen LogP contribution in [0.5, 0.6) is 11.8 Å². The Hall–Kier alpha value is -3.29. The van der Waals surface area contributed by atoms with E-state index in [9.17, 15) is 4.39 Å². The van der Waals surface area contributed by atoms with E-state index < -0.39 is 0 Å². The Kier molecular flexibility index (Phi) is 7.48. The van der Waals surface area contributed by atoms with Crippen LogP contribution in [0.1, 0.15) is 11.1 Å². The summed E-state index contributed by atoms with van der Waals surface area (Å²) >= 11 is 0. The van der Waals surface area contributed by atoms with E-state index in [2.05, 4.69) is 20.8 Å². The van der Waals surface area contributed by atoms with Gasteiger partial charge >= 0.3 is 6.01 Å². The van der Waals surface area contributed by atoms with Crippen molar-refractivity contribution in [1.29, 1.82) is 0 Å². The van der Waals surface area contributed by atoms with Gasteiger partial charge in [0.1, 0.15) is 11.6 Å². The molecular formula is C22H21ClFN5O. The molecule has 0 spiro atoms. The van der Waals surface area contributed by atoms with Crippen LogP contribution in [0.2, 0.25) is 0 Å². The molecule has 0 saturated heterocycles. The summed E-state index contributed by atoms with van der Waals surface area (Å²) in [6.45, 7) is 1.33. The summed E-state index contributed by atoms with van der Waals surface area (Å²) in [5.41, 5.74) is 2.58. The molecule has 154 valence electrons. The van der Waals surface area contributed by atoms with Gasteiger partial charge in [-0.05, 0) is 64.9 Å². The fraction of sp³-hybridized carbons (Fsp3) is 0.136. The number of para-hydroxylation sites is 1. The number of tetrazole rings is 1. The number of hydrogen-bond acceptors (Lipinski definition) is 5. The average Bonchev–Trinajstić information content (AvgIpc) is 3.21. The Bertz CT molecular complexity index is 1070. The Balaban J connectivity index is 0.00000256. The minimum Gasteiger partial charge on any atom is -0.423 e. The molecule has 1 aromatic heterocycles. The van der Waals surface area contributed by atoms with Gasteiger partial charge in [-0.3, -0.25) is 0 Å². The van der Waals surface area contributed by atoms with Gasteiger partial charge in [0.15, 0.2) is 0 Å². The van der Waals surface area contributed by atoms with Crippen LogP contribution in [0.4, 0.5) is 4.39 Å². The van der Waals surface area contributed by atoms with Gasteiger partial charge < -0.3 is 10.1 Å². The average molecular weight is 426 g/mol. The molecule has 0 radical (unpaired) electrons. The second kappa shape index (κ2) is 10.5. The molecule has 1 N–H and O–H groups in total. The summed E-state index contributed by atoms with van der Waals surface area (Å²) in [5.74, 6) is 0.478. The molecule has 8 heteroatoms. The maximum absolute atomic E-state index is 13.7. The highest BCUT2D eigenvalue weighted by atomic mass is 35.5. The van der Waals surface area contributed by atoms with E-state index in [0.717, 1.165) is 11.3 Å². The highest BCUT2D eigenvalue weighted by Crippen LogP contribution is 2.22. The van der Waals surface area contributed by atoms with Crippen molar-refractivity contribution in [2.75, 3.05) is 6.54 Å². The van der Waals surface area contributed by atoms with Gasteiger partial charge in [0.05, 0.1) is 5.69 Å². The lowest BCUT2D eigenvalue weighted by Crippen LogP contribution is -2.17. The first kappa shape index (κ1) is 21.4. The summed E-state index contributed by atoms with van der Waals surface area (Å²) in [6, 6.07) is 24.4. The van der Waals surface area contributed by atoms with Crippen LogP contribution in [0, 0.1) is 5.82 Å². The van der Waals surface area contributed by atoms with Gasteiger partial charge in [0, 0.05) is 6.54 Å². The van der Waals surface area contributed by atoms with Gasteiger partial charge in [-0.1, -0.05) is 53.6 Å². The SMILES string of the molecule is Cl.Fc1ccccc1CCNCc1cccc(Oc2nnnn2-c2ccccc2)c1. The lowest BCUT2D eigenvalue weighted by atomic mass is 10.1. The molecule has 4 aromatic rings. The molecule has 0 aliphatic carbocycles. The molecule has 30 heavy (non-hydrogen) atoms. The second-order valence-corrected chi connectivity index (χ2v) is 6.48. The van der Waals surface area contributed by atoms with Crippen molar-refractivity contribution in [2.24, 2.45) is 0 Å². The number of benzene rings is 3. The van der Waals surface area contributed by atoms with Crippen LogP contribution >= 0.6 is 12.4 Å². The minimum atomic E-state index is -0.166. The topological polar surface area (TPSA) is 64.9 Å². The third kappa shape index (κ3) is 5.40. The lowest BCUT2D eigenvalue weighted by Gasteiger charge is -2.09. The first-order valence-electron chi connectivity index (χ1n) is 9.34. The lowest BCUT2D eigenvalue weighted by molar-refractivity contribution is 0.426. The fourth-order valence-corrected chi connectivity index (χ4v) is 2.96. The van der Waals surface area contributed by atoms with E-state index in [0.29, 0.717) is 36.8 Å². The number of nitrogens with zero attached hydrogens (tertiary/aromatic N) is 4. The van der Waals surface area contributed by atoms with Crippen molar-refractivity contribution in [2.45, 2.75) is 13.0 Å². The highest BCUT2D eigenvalue weighted by Gasteiger charge is 2.10. The largest absolute Gasteiger partial charge is 0.423 e. The number of halogens is 2. The molecule has 6 nitrogen and oxygen atoms in total. The third-order valence-corrected chi connectivity index (χ3v) is 4.41. The summed E-state index contributed by atoms with van der Waals surface area (Å²) in [7, 11) is 0. The Labute approximate surface area is 180 Å². The number of ether oxygens (including phenoxy) is 1. The van der Waals surface area contributed by atoms with Crippen LogP contribution in [-0.4, -0.2) is 26.8 Å². The molecular weight excluding hydrogens is 405 g/mol. The normalized spacial score (nSPS) is 10.4. The maximum atomic E-state index is 13.7. The number of rotatable bonds is 8. The van der Waals surface area contributed by atoms with Crippen molar-refractivity contribution >= 4 is 12.4 Å². The quantitative estimate of drug-likeness (QED) is 0.425. The Morgan fingerprint density at radius 1 is 0.933 bits per heavy atom. The van der Waals surface area contributed by atoms with Gasteiger partial charge in [-0.2, -0.15) is 4.68 Å². The monoisotopic (exact) mass is 425 g/mol. The summed E-state index contributed by atoms with van der Waals surface area (Å²) in [6.07, 6.45) is 0.634. The van der Waals surface area contributed by atoms with Gasteiger partial charge in [-0.15, -0.1) is 12.4 Å². The van der Waals surface area contributed by atoms with E-state index in [-0.39, 0.29) is 18.2 Å². The predicted octanol–water partition coefficient (Wildman–Crippen LogP) is 4.35. The van der Waals surface area contributed by atoms with Gasteiger partial charge in [0.2, 0.25) is 0 Å². The standard InChI is InChI=1S/C22H20FN5O.ClH/c23-21-12-5-4-8-18(21)13-14-24-16-17-7-6-11-20(15-17)29-22-25-26-27-28(22)19-9-2-1-3-10-19;/h1-12,15,24H,13-14,16H2;1H. The van der Waals surface area contributed by atoms with Crippen molar-refractivity contribution in [3.63, 3.8) is 0 Å². The van der Waals surface area contributed by atoms with Crippen LogP contribution in [0.3, 0.4) is 0 Å². The van der Waals surface area contributed by atoms with Crippen molar-refractivity contribution in [3.05, 3.63) is 95.8 Å². The Morgan fingerprint density at radius 2 is 1.73 bits per heavy atom. The smallest absolute Gasteiger partial charge is 0.345 e. The first-order valence-corrected chi connectivity index (χ1v) is 9.34. The molecule has 0 unspecified atom stereocenters. The summed E-state index contributed by atoms with van der Waals surface area (Å²) < 4.78 is 21.1. The molecule has 0 bridgehead atoms. The van der Waals surface area contributed by atoms with Crippen molar-refractivity contribution < 1.29 is 9.13 Å². The van der Waals surface area contributed by atoms with Crippen LogP contribution in [0.25, 0.3) is 5.69 Å². The van der Waals surface area contributed by atoms with E-state index in [1.165, 1.54) is 6.07 Å². The number of aromatic nitrogens is 4. The van der Waals surface area contributed by atoms with E-state index in [1.54, 1.807) is 10.7 Å². The van der Waals surface area contributed by atoms with Crippen LogP contribution < -0.4 is 10.1 Å². The second-order valence-electron chi connectivity index (χ2n) is 6.48. The molecule has 0 aliphatic heterocycles. The molecule has 4 rings (SSSR count). The van der Waals surface area contributed by atoms with Crippen LogP contribution in [-0.2, 0) is 13.0 Å². The maximum Gasteiger partial charge on any atom is 0.345 e. The number of nitrogens with one attached hydrogen (secondary N) is 1. The van der Waals surface area contributed by atoms with E-state index in [1.807, 2.05) is 66.7 Å². The van der Waals surface area contributed by atoms with Gasteiger partial charge in [-0.25, -0.2) is 4.39 Å². The van der Waals surface area contributed by atoms with E-state index >= 15 is 0 Å². The summed E-state index contributed by atoms with van der Waals surface area (Å²) in [5, 5.41) is 15.0. The van der Waals surface area contributed by atoms with E-state index in [4.69, 9.17) is 4.74 Å². The summed E-state index contributed by atoms with van der Waals surface area (Å²) in [4.78, 5) is 0. The zero-order valence-corrected chi connectivity index (χ0v) is 16.9. The molecule has 0 aliphatic rings. The molecule has 0 amide bonds. The van der Waals surface area contributed by atoms with Crippen LogP contribution in [0.15, 0.2) is 78.9 Å². The molecule has 0 saturated carbocycles. The molecule has 3 aromatic carbocycles. The minimum absolute atomic E-state index is 0. The van der Waals surface area contributed by atoms with Crippen molar-refractivity contribution in [3.8, 4) is 17.4 Å². The number of hydrogen-bond donors (Lipinski definition) is 1. The molecule has 0 atom stereocenters. The highest BCUT2D eigenvalue weighted by molar-refractivity contribution is 5.85. The van der Waals surface area contributed by atoms with Crippen molar-refractivity contribution in [1.82, 2.24) is 25.5 Å². The third-order valence-electron chi connectivity index (χ3n) is 4.41. The Morgan fingerprint density at radius 3 is 2.57 bits per heavy atom. The zero-order valence-electron chi connectivity index (χ0n) is 16.1.